The summed E-state index contributed by atoms with van der Waals surface area (Å²) in [4.78, 5) is 12.5. The molecule has 110 valence electrons. The molecule has 1 aromatic carbocycles. The number of rotatable bonds is 4. The van der Waals surface area contributed by atoms with Gasteiger partial charge in [-0.15, -0.1) is 0 Å². The van der Waals surface area contributed by atoms with E-state index in [0.717, 1.165) is 31.2 Å². The molecule has 1 aliphatic rings. The van der Waals surface area contributed by atoms with E-state index in [9.17, 15) is 4.79 Å². The van der Waals surface area contributed by atoms with Gasteiger partial charge in [0.15, 0.2) is 0 Å². The quantitative estimate of drug-likeness (QED) is 0.887. The van der Waals surface area contributed by atoms with Crippen LogP contribution in [0.2, 0.25) is 0 Å². The van der Waals surface area contributed by atoms with Crippen LogP contribution in [0.4, 0.5) is 0 Å². The minimum Gasteiger partial charge on any atom is -0.349 e. The Kier molecular flexibility index (Phi) is 4.48. The first-order valence-corrected chi connectivity index (χ1v) is 7.62. The summed E-state index contributed by atoms with van der Waals surface area (Å²) >= 11 is 0. The smallest absolute Gasteiger partial charge is 0.227 e. The van der Waals surface area contributed by atoms with E-state index >= 15 is 0 Å². The van der Waals surface area contributed by atoms with Crippen LogP contribution in [0.5, 0.6) is 0 Å². The Bertz CT molecular complexity index is 468. The summed E-state index contributed by atoms with van der Waals surface area (Å²) in [6, 6.07) is 8.46. The molecule has 3 N–H and O–H groups in total. The molecule has 0 heterocycles. The highest BCUT2D eigenvalue weighted by molar-refractivity contribution is 5.83. The van der Waals surface area contributed by atoms with Crippen molar-refractivity contribution < 1.29 is 4.79 Å². The van der Waals surface area contributed by atoms with Gasteiger partial charge in [-0.1, -0.05) is 37.6 Å². The zero-order valence-corrected chi connectivity index (χ0v) is 12.8. The molecule has 1 aromatic rings. The molecule has 0 spiro atoms. The number of nitrogens with one attached hydrogen (secondary N) is 1. The summed E-state index contributed by atoms with van der Waals surface area (Å²) < 4.78 is 0. The number of nitrogens with two attached hydrogens (primary N) is 1. The lowest BCUT2D eigenvalue weighted by Crippen LogP contribution is -2.47. The van der Waals surface area contributed by atoms with Gasteiger partial charge in [-0.25, -0.2) is 0 Å². The van der Waals surface area contributed by atoms with Crippen LogP contribution in [0.15, 0.2) is 24.3 Å². The number of hydrogen-bond acceptors (Lipinski definition) is 2. The summed E-state index contributed by atoms with van der Waals surface area (Å²) in [5.74, 6) is 0.0922. The van der Waals surface area contributed by atoms with E-state index in [4.69, 9.17) is 5.73 Å². The summed E-state index contributed by atoms with van der Waals surface area (Å²) in [6.07, 6.45) is 3.92. The van der Waals surface area contributed by atoms with Gasteiger partial charge in [0.25, 0.3) is 0 Å². The zero-order valence-electron chi connectivity index (χ0n) is 12.8. The number of benzene rings is 1. The molecule has 2 rings (SSSR count). The first-order chi connectivity index (χ1) is 9.47. The van der Waals surface area contributed by atoms with Crippen LogP contribution < -0.4 is 11.1 Å². The minimum atomic E-state index is -0.405. The van der Waals surface area contributed by atoms with E-state index in [1.807, 2.05) is 13.8 Å². The van der Waals surface area contributed by atoms with Gasteiger partial charge in [-0.05, 0) is 44.2 Å². The van der Waals surface area contributed by atoms with Gasteiger partial charge in [0.2, 0.25) is 5.91 Å². The third-order valence-electron chi connectivity index (χ3n) is 4.78. The van der Waals surface area contributed by atoms with Gasteiger partial charge in [-0.2, -0.15) is 0 Å². The third kappa shape index (κ3) is 2.88. The second-order valence-electron chi connectivity index (χ2n) is 6.21. The third-order valence-corrected chi connectivity index (χ3v) is 4.78. The molecule has 0 saturated heterocycles. The maximum atomic E-state index is 12.5. The molecular formula is C17H26N2O. The molecule has 1 aliphatic carbocycles. The van der Waals surface area contributed by atoms with Crippen molar-refractivity contribution in [3.63, 3.8) is 0 Å². The largest absolute Gasteiger partial charge is 0.349 e. The fraction of sp³-hybridized carbons (Fsp3) is 0.588. The van der Waals surface area contributed by atoms with Gasteiger partial charge in [0.05, 0.1) is 11.5 Å². The highest BCUT2D eigenvalue weighted by Gasteiger charge is 2.43. The Morgan fingerprint density at radius 2 is 2.10 bits per heavy atom. The van der Waals surface area contributed by atoms with Crippen molar-refractivity contribution in [3.8, 4) is 0 Å². The molecule has 0 radical (unpaired) electrons. The molecule has 1 fully saturated rings. The van der Waals surface area contributed by atoms with E-state index in [-0.39, 0.29) is 18.0 Å². The standard InChI is InChI=1S/C17H26N2O/c1-4-13-7-9-14(10-8-13)12(2)19-16(20)17(3)11-5-6-15(17)18/h7-10,12,15H,4-6,11,18H2,1-3H3,(H,19,20). The normalized spacial score (nSPS) is 27.3. The van der Waals surface area contributed by atoms with Crippen molar-refractivity contribution in [2.24, 2.45) is 11.1 Å². The minimum absolute atomic E-state index is 0.0165. The monoisotopic (exact) mass is 274 g/mol. The van der Waals surface area contributed by atoms with Crippen molar-refractivity contribution in [2.45, 2.75) is 58.5 Å². The number of hydrogen-bond donors (Lipinski definition) is 2. The molecule has 3 heteroatoms. The van der Waals surface area contributed by atoms with E-state index in [2.05, 4.69) is 36.5 Å². The van der Waals surface area contributed by atoms with Crippen LogP contribution in [0.25, 0.3) is 0 Å². The van der Waals surface area contributed by atoms with Crippen LogP contribution in [0, 0.1) is 5.41 Å². The van der Waals surface area contributed by atoms with Crippen LogP contribution in [0.1, 0.15) is 57.2 Å². The van der Waals surface area contributed by atoms with E-state index in [1.54, 1.807) is 0 Å². The van der Waals surface area contributed by atoms with Crippen LogP contribution in [-0.4, -0.2) is 11.9 Å². The average Bonchev–Trinajstić information content (AvgIpc) is 2.80. The predicted molar refractivity (Wildman–Crippen MR) is 82.3 cm³/mol. The average molecular weight is 274 g/mol. The molecule has 20 heavy (non-hydrogen) atoms. The number of carbonyl (C=O) groups is 1. The Morgan fingerprint density at radius 1 is 1.45 bits per heavy atom. The van der Waals surface area contributed by atoms with Crippen LogP contribution in [0.3, 0.4) is 0 Å². The van der Waals surface area contributed by atoms with Crippen molar-refractivity contribution in [1.29, 1.82) is 0 Å². The lowest BCUT2D eigenvalue weighted by Gasteiger charge is -2.29. The fourth-order valence-electron chi connectivity index (χ4n) is 2.96. The predicted octanol–water partition coefficient (Wildman–Crippen LogP) is 2.94. The highest BCUT2D eigenvalue weighted by Crippen LogP contribution is 2.37. The topological polar surface area (TPSA) is 55.1 Å². The molecule has 1 saturated carbocycles. The summed E-state index contributed by atoms with van der Waals surface area (Å²) in [6.45, 7) is 6.16. The molecule has 3 unspecified atom stereocenters. The van der Waals surface area contributed by atoms with Gasteiger partial charge < -0.3 is 11.1 Å². The lowest BCUT2D eigenvalue weighted by atomic mass is 9.84. The number of amides is 1. The van der Waals surface area contributed by atoms with Crippen molar-refractivity contribution in [3.05, 3.63) is 35.4 Å². The highest BCUT2D eigenvalue weighted by atomic mass is 16.2. The summed E-state index contributed by atoms with van der Waals surface area (Å²) in [7, 11) is 0. The number of aryl methyl sites for hydroxylation is 1. The van der Waals surface area contributed by atoms with E-state index in [0.29, 0.717) is 0 Å². The van der Waals surface area contributed by atoms with E-state index < -0.39 is 5.41 Å². The summed E-state index contributed by atoms with van der Waals surface area (Å²) in [5.41, 5.74) is 8.16. The maximum Gasteiger partial charge on any atom is 0.227 e. The summed E-state index contributed by atoms with van der Waals surface area (Å²) in [5, 5.41) is 3.13. The van der Waals surface area contributed by atoms with Gasteiger partial charge in [-0.3, -0.25) is 4.79 Å². The Labute approximate surface area is 121 Å². The van der Waals surface area contributed by atoms with Gasteiger partial charge >= 0.3 is 0 Å². The molecular weight excluding hydrogens is 248 g/mol. The van der Waals surface area contributed by atoms with Crippen molar-refractivity contribution >= 4 is 5.91 Å². The van der Waals surface area contributed by atoms with Gasteiger partial charge in [0, 0.05) is 6.04 Å². The molecule has 1 amide bonds. The van der Waals surface area contributed by atoms with Crippen LogP contribution >= 0.6 is 0 Å². The first kappa shape index (κ1) is 15.0. The molecule has 3 nitrogen and oxygen atoms in total. The van der Waals surface area contributed by atoms with E-state index in [1.165, 1.54) is 5.56 Å². The SMILES string of the molecule is CCc1ccc(C(C)NC(=O)C2(C)CCCC2N)cc1. The maximum absolute atomic E-state index is 12.5. The lowest BCUT2D eigenvalue weighted by molar-refractivity contribution is -0.131. The first-order valence-electron chi connectivity index (χ1n) is 7.62. The molecule has 3 atom stereocenters. The number of carbonyl (C=O) groups excluding carboxylic acids is 1. The van der Waals surface area contributed by atoms with Crippen molar-refractivity contribution in [1.82, 2.24) is 5.32 Å². The second kappa shape index (κ2) is 5.96. The fourth-order valence-corrected chi connectivity index (χ4v) is 2.96. The van der Waals surface area contributed by atoms with Crippen LogP contribution in [-0.2, 0) is 11.2 Å². The van der Waals surface area contributed by atoms with Crippen molar-refractivity contribution in [2.75, 3.05) is 0 Å². The Morgan fingerprint density at radius 3 is 2.60 bits per heavy atom. The zero-order chi connectivity index (χ0) is 14.8. The Hall–Kier alpha value is -1.35. The molecule has 0 aromatic heterocycles. The van der Waals surface area contributed by atoms with Gasteiger partial charge in [0.1, 0.15) is 0 Å². The molecule has 0 bridgehead atoms. The molecule has 0 aliphatic heterocycles. The Balaban J connectivity index is 2.03. The second-order valence-corrected chi connectivity index (χ2v) is 6.21.